The molecule has 0 amide bonds. The Kier molecular flexibility index (Phi) is 5.39. The molecule has 5 heteroatoms. The van der Waals surface area contributed by atoms with E-state index in [1.165, 1.54) is 17.8 Å². The van der Waals surface area contributed by atoms with Crippen molar-refractivity contribution in [2.75, 3.05) is 13.1 Å². The maximum Gasteiger partial charge on any atom is 0.0964 e. The molecule has 1 fully saturated rings. The van der Waals surface area contributed by atoms with Gasteiger partial charge in [-0.1, -0.05) is 23.7 Å². The number of nitrogens with one attached hydrogen (secondary N) is 1. The van der Waals surface area contributed by atoms with Crippen molar-refractivity contribution in [1.29, 1.82) is 0 Å². The number of hydrogen-bond donors (Lipinski definition) is 1. The van der Waals surface area contributed by atoms with Crippen LogP contribution in [0.1, 0.15) is 23.8 Å². The highest BCUT2D eigenvalue weighted by Gasteiger charge is 2.18. The molecule has 1 aromatic heterocycles. The van der Waals surface area contributed by atoms with E-state index in [0.29, 0.717) is 5.92 Å². The molecule has 1 aliphatic heterocycles. The highest BCUT2D eigenvalue weighted by molar-refractivity contribution is 8.93. The maximum absolute atomic E-state index is 5.90. The molecule has 19 heavy (non-hydrogen) atoms. The zero-order valence-electron chi connectivity index (χ0n) is 10.4. The van der Waals surface area contributed by atoms with Crippen LogP contribution in [0.15, 0.2) is 29.6 Å². The third kappa shape index (κ3) is 3.57. The Morgan fingerprint density at radius 3 is 2.53 bits per heavy atom. The van der Waals surface area contributed by atoms with E-state index in [9.17, 15) is 0 Å². The average molecular weight is 360 g/mol. The van der Waals surface area contributed by atoms with Crippen LogP contribution in [0.25, 0.3) is 11.3 Å². The van der Waals surface area contributed by atoms with Crippen molar-refractivity contribution < 1.29 is 0 Å². The minimum atomic E-state index is 0. The summed E-state index contributed by atoms with van der Waals surface area (Å²) in [6.45, 7) is 2.22. The molecule has 1 saturated heterocycles. The van der Waals surface area contributed by atoms with Crippen LogP contribution in [0.3, 0.4) is 0 Å². The number of aromatic nitrogens is 1. The molecule has 0 aliphatic carbocycles. The zero-order valence-corrected chi connectivity index (χ0v) is 13.7. The molecule has 0 spiro atoms. The first-order valence-corrected chi connectivity index (χ1v) is 7.51. The number of thiazole rings is 1. The van der Waals surface area contributed by atoms with E-state index in [-0.39, 0.29) is 17.0 Å². The molecule has 2 aromatic rings. The fraction of sp³-hybridized carbons (Fsp3) is 0.357. The molecular formula is C14H16BrClN2S. The minimum Gasteiger partial charge on any atom is -0.317 e. The summed E-state index contributed by atoms with van der Waals surface area (Å²) in [5.74, 6) is 0.636. The second kappa shape index (κ2) is 6.84. The van der Waals surface area contributed by atoms with Gasteiger partial charge >= 0.3 is 0 Å². The first-order chi connectivity index (χ1) is 8.83. The van der Waals surface area contributed by atoms with Crippen LogP contribution in [-0.2, 0) is 0 Å². The molecule has 3 rings (SSSR count). The minimum absolute atomic E-state index is 0. The van der Waals surface area contributed by atoms with Crippen molar-refractivity contribution in [2.45, 2.75) is 18.8 Å². The molecule has 0 atom stereocenters. The third-order valence-corrected chi connectivity index (χ3v) is 4.61. The first kappa shape index (κ1) is 15.0. The normalized spacial score (nSPS) is 16.1. The lowest BCUT2D eigenvalue weighted by molar-refractivity contribution is 0.459. The van der Waals surface area contributed by atoms with Crippen LogP contribution >= 0.6 is 39.9 Å². The van der Waals surface area contributed by atoms with Gasteiger partial charge in [0.15, 0.2) is 0 Å². The van der Waals surface area contributed by atoms with Crippen LogP contribution in [0.5, 0.6) is 0 Å². The maximum atomic E-state index is 5.90. The predicted molar refractivity (Wildman–Crippen MR) is 87.7 cm³/mol. The Balaban J connectivity index is 0.00000133. The van der Waals surface area contributed by atoms with Crippen LogP contribution in [0.4, 0.5) is 0 Å². The molecule has 0 bridgehead atoms. The number of piperidine rings is 1. The topological polar surface area (TPSA) is 24.9 Å². The van der Waals surface area contributed by atoms with Crippen LogP contribution in [-0.4, -0.2) is 18.1 Å². The Hall–Kier alpha value is -0.420. The van der Waals surface area contributed by atoms with E-state index in [2.05, 4.69) is 10.7 Å². The number of rotatable bonds is 2. The van der Waals surface area contributed by atoms with Gasteiger partial charge in [0, 0.05) is 21.9 Å². The highest BCUT2D eigenvalue weighted by atomic mass is 79.9. The van der Waals surface area contributed by atoms with Gasteiger partial charge in [-0.05, 0) is 38.1 Å². The van der Waals surface area contributed by atoms with Gasteiger partial charge < -0.3 is 5.32 Å². The zero-order chi connectivity index (χ0) is 12.4. The van der Waals surface area contributed by atoms with Crippen molar-refractivity contribution in [1.82, 2.24) is 10.3 Å². The van der Waals surface area contributed by atoms with Crippen molar-refractivity contribution in [3.8, 4) is 11.3 Å². The van der Waals surface area contributed by atoms with E-state index in [1.807, 2.05) is 24.3 Å². The molecular weight excluding hydrogens is 344 g/mol. The summed E-state index contributed by atoms with van der Waals surface area (Å²) in [4.78, 5) is 4.78. The lowest BCUT2D eigenvalue weighted by Gasteiger charge is -2.20. The lowest BCUT2D eigenvalue weighted by atomic mass is 9.99. The fourth-order valence-corrected chi connectivity index (χ4v) is 3.42. The summed E-state index contributed by atoms with van der Waals surface area (Å²) < 4.78 is 0. The SMILES string of the molecule is Br.Clc1ccc(-c2csc(C3CCNCC3)n2)cc1. The smallest absolute Gasteiger partial charge is 0.0964 e. The molecule has 0 radical (unpaired) electrons. The van der Waals surface area contributed by atoms with Gasteiger partial charge in [0.2, 0.25) is 0 Å². The van der Waals surface area contributed by atoms with Gasteiger partial charge in [0.25, 0.3) is 0 Å². The molecule has 0 saturated carbocycles. The molecule has 1 aliphatic rings. The monoisotopic (exact) mass is 358 g/mol. The summed E-state index contributed by atoms with van der Waals surface area (Å²) in [6.07, 6.45) is 2.40. The molecule has 1 N–H and O–H groups in total. The van der Waals surface area contributed by atoms with E-state index in [0.717, 1.165) is 29.4 Å². The predicted octanol–water partition coefficient (Wildman–Crippen LogP) is 4.51. The second-order valence-electron chi connectivity index (χ2n) is 4.60. The van der Waals surface area contributed by atoms with Crippen LogP contribution in [0.2, 0.25) is 5.02 Å². The summed E-state index contributed by atoms with van der Waals surface area (Å²) in [7, 11) is 0. The highest BCUT2D eigenvalue weighted by Crippen LogP contribution is 2.31. The third-order valence-electron chi connectivity index (χ3n) is 3.35. The largest absolute Gasteiger partial charge is 0.317 e. The summed E-state index contributed by atoms with van der Waals surface area (Å²) in [6, 6.07) is 7.90. The van der Waals surface area contributed by atoms with Gasteiger partial charge in [-0.25, -0.2) is 4.98 Å². The average Bonchev–Trinajstić information content (AvgIpc) is 2.90. The Labute approximate surface area is 133 Å². The number of nitrogens with zero attached hydrogens (tertiary/aromatic N) is 1. The van der Waals surface area contributed by atoms with E-state index in [4.69, 9.17) is 16.6 Å². The quantitative estimate of drug-likeness (QED) is 0.853. The standard InChI is InChI=1S/C14H15ClN2S.BrH/c15-12-3-1-10(2-4-12)13-9-18-14(17-13)11-5-7-16-8-6-11;/h1-4,9,11,16H,5-8H2;1H. The van der Waals surface area contributed by atoms with E-state index in [1.54, 1.807) is 11.3 Å². The molecule has 102 valence electrons. The van der Waals surface area contributed by atoms with Crippen molar-refractivity contribution >= 4 is 39.9 Å². The van der Waals surface area contributed by atoms with Gasteiger partial charge in [0.05, 0.1) is 10.7 Å². The van der Waals surface area contributed by atoms with Gasteiger partial charge in [0.1, 0.15) is 0 Å². The van der Waals surface area contributed by atoms with E-state index < -0.39 is 0 Å². The molecule has 2 nitrogen and oxygen atoms in total. The number of halogens is 2. The fourth-order valence-electron chi connectivity index (χ4n) is 2.30. The van der Waals surface area contributed by atoms with Gasteiger partial charge in [-0.3, -0.25) is 0 Å². The van der Waals surface area contributed by atoms with Crippen LogP contribution < -0.4 is 5.32 Å². The Morgan fingerprint density at radius 2 is 1.84 bits per heavy atom. The molecule has 2 heterocycles. The lowest BCUT2D eigenvalue weighted by Crippen LogP contribution is -2.26. The number of hydrogen-bond acceptors (Lipinski definition) is 3. The summed E-state index contributed by atoms with van der Waals surface area (Å²) >= 11 is 7.68. The van der Waals surface area contributed by atoms with Gasteiger partial charge in [-0.15, -0.1) is 28.3 Å². The van der Waals surface area contributed by atoms with Crippen molar-refractivity contribution in [2.24, 2.45) is 0 Å². The Morgan fingerprint density at radius 1 is 1.16 bits per heavy atom. The number of benzene rings is 1. The van der Waals surface area contributed by atoms with Gasteiger partial charge in [-0.2, -0.15) is 0 Å². The summed E-state index contributed by atoms with van der Waals surface area (Å²) in [5.41, 5.74) is 2.22. The molecule has 0 unspecified atom stereocenters. The van der Waals surface area contributed by atoms with Crippen LogP contribution in [0, 0.1) is 0 Å². The first-order valence-electron chi connectivity index (χ1n) is 6.25. The second-order valence-corrected chi connectivity index (χ2v) is 5.93. The Bertz CT molecular complexity index is 520. The van der Waals surface area contributed by atoms with Crippen molar-refractivity contribution in [3.63, 3.8) is 0 Å². The summed E-state index contributed by atoms with van der Waals surface area (Å²) in [5, 5.41) is 7.59. The molecule has 1 aromatic carbocycles. The van der Waals surface area contributed by atoms with Crippen molar-refractivity contribution in [3.05, 3.63) is 39.7 Å². The van der Waals surface area contributed by atoms with E-state index >= 15 is 0 Å².